The highest BCUT2D eigenvalue weighted by Crippen LogP contribution is 2.49. The van der Waals surface area contributed by atoms with Crippen molar-refractivity contribution >= 4 is 5.91 Å². The first kappa shape index (κ1) is 12.4. The Labute approximate surface area is 108 Å². The average molecular weight is 253 g/mol. The van der Waals surface area contributed by atoms with Gasteiger partial charge in [0.15, 0.2) is 5.79 Å². The largest absolute Gasteiger partial charge is 0.353 e. The number of amides is 1. The Morgan fingerprint density at radius 1 is 1.17 bits per heavy atom. The van der Waals surface area contributed by atoms with E-state index < -0.39 is 0 Å². The minimum absolute atomic E-state index is 0.0184. The van der Waals surface area contributed by atoms with Crippen LogP contribution in [0.2, 0.25) is 0 Å². The second-order valence-electron chi connectivity index (χ2n) is 5.99. The summed E-state index contributed by atoms with van der Waals surface area (Å²) < 4.78 is 11.4. The molecular weight excluding hydrogens is 230 g/mol. The molecule has 2 aliphatic carbocycles. The van der Waals surface area contributed by atoms with E-state index in [2.05, 4.69) is 12.2 Å². The first-order valence-corrected chi connectivity index (χ1v) is 7.27. The molecule has 0 unspecified atom stereocenters. The van der Waals surface area contributed by atoms with Crippen molar-refractivity contribution in [3.63, 3.8) is 0 Å². The first-order chi connectivity index (χ1) is 8.68. The third kappa shape index (κ3) is 2.16. The molecule has 4 heteroatoms. The van der Waals surface area contributed by atoms with E-state index in [9.17, 15) is 4.79 Å². The zero-order valence-electron chi connectivity index (χ0n) is 11.2. The van der Waals surface area contributed by atoms with Crippen LogP contribution in [0.5, 0.6) is 0 Å². The molecule has 2 saturated carbocycles. The van der Waals surface area contributed by atoms with Crippen LogP contribution >= 0.6 is 0 Å². The summed E-state index contributed by atoms with van der Waals surface area (Å²) in [4.78, 5) is 12.2. The van der Waals surface area contributed by atoms with Crippen LogP contribution in [0.3, 0.4) is 0 Å². The van der Waals surface area contributed by atoms with Crippen molar-refractivity contribution in [2.45, 2.75) is 63.7 Å². The summed E-state index contributed by atoms with van der Waals surface area (Å²) in [7, 11) is 0. The molecule has 0 bridgehead atoms. The highest BCUT2D eigenvalue weighted by atomic mass is 16.7. The van der Waals surface area contributed by atoms with Crippen molar-refractivity contribution < 1.29 is 14.3 Å². The predicted molar refractivity (Wildman–Crippen MR) is 67.0 cm³/mol. The molecule has 1 saturated heterocycles. The van der Waals surface area contributed by atoms with Gasteiger partial charge in [-0.3, -0.25) is 4.79 Å². The Balaban J connectivity index is 1.50. The van der Waals surface area contributed by atoms with Crippen LogP contribution in [-0.4, -0.2) is 30.9 Å². The van der Waals surface area contributed by atoms with Gasteiger partial charge in [-0.1, -0.05) is 6.92 Å². The molecule has 18 heavy (non-hydrogen) atoms. The standard InChI is InChI=1S/C14H23NO3/c1-2-13(7-8-13)12(16)15-11-3-5-14(6-4-11)17-9-10-18-14/h11H,2-10H2,1H3,(H,15,16). The topological polar surface area (TPSA) is 47.6 Å². The molecule has 1 aliphatic heterocycles. The van der Waals surface area contributed by atoms with Gasteiger partial charge in [-0.25, -0.2) is 0 Å². The molecule has 0 radical (unpaired) electrons. The van der Waals surface area contributed by atoms with Crippen molar-refractivity contribution in [3.8, 4) is 0 Å². The van der Waals surface area contributed by atoms with E-state index in [1.165, 1.54) is 0 Å². The Bertz CT molecular complexity index is 322. The Kier molecular flexibility index (Phi) is 3.10. The molecule has 3 aliphatic rings. The molecular formula is C14H23NO3. The molecule has 0 aromatic rings. The smallest absolute Gasteiger partial charge is 0.226 e. The van der Waals surface area contributed by atoms with E-state index in [1.54, 1.807) is 0 Å². The minimum Gasteiger partial charge on any atom is -0.353 e. The predicted octanol–water partition coefficient (Wildman–Crippen LogP) is 1.98. The maximum atomic E-state index is 12.2. The van der Waals surface area contributed by atoms with Crippen LogP contribution in [0.1, 0.15) is 51.9 Å². The number of hydrogen-bond donors (Lipinski definition) is 1. The van der Waals surface area contributed by atoms with E-state index >= 15 is 0 Å². The maximum Gasteiger partial charge on any atom is 0.226 e. The fourth-order valence-electron chi connectivity index (χ4n) is 3.22. The number of carbonyl (C=O) groups is 1. The van der Waals surface area contributed by atoms with Crippen LogP contribution in [0.25, 0.3) is 0 Å². The lowest BCUT2D eigenvalue weighted by atomic mass is 9.89. The molecule has 102 valence electrons. The van der Waals surface area contributed by atoms with Crippen molar-refractivity contribution in [2.75, 3.05) is 13.2 Å². The normalized spacial score (nSPS) is 29.4. The molecule has 3 fully saturated rings. The van der Waals surface area contributed by atoms with E-state index in [0.717, 1.165) is 58.2 Å². The van der Waals surface area contributed by atoms with Gasteiger partial charge in [-0.2, -0.15) is 0 Å². The van der Waals surface area contributed by atoms with Crippen LogP contribution in [0.4, 0.5) is 0 Å². The number of rotatable bonds is 3. The molecule has 0 aromatic heterocycles. The van der Waals surface area contributed by atoms with Crippen molar-refractivity contribution in [2.24, 2.45) is 5.41 Å². The zero-order valence-corrected chi connectivity index (χ0v) is 11.2. The quantitative estimate of drug-likeness (QED) is 0.836. The lowest BCUT2D eigenvalue weighted by Gasteiger charge is -2.36. The van der Waals surface area contributed by atoms with Gasteiger partial charge in [0.05, 0.1) is 13.2 Å². The monoisotopic (exact) mass is 253 g/mol. The van der Waals surface area contributed by atoms with E-state index in [4.69, 9.17) is 9.47 Å². The molecule has 0 atom stereocenters. The lowest BCUT2D eigenvalue weighted by Crippen LogP contribution is -2.46. The van der Waals surface area contributed by atoms with Gasteiger partial charge in [-0.05, 0) is 32.1 Å². The fraction of sp³-hybridized carbons (Fsp3) is 0.929. The van der Waals surface area contributed by atoms with Gasteiger partial charge in [0, 0.05) is 24.3 Å². The number of ether oxygens (including phenoxy) is 2. The van der Waals surface area contributed by atoms with Crippen LogP contribution in [0, 0.1) is 5.41 Å². The minimum atomic E-state index is -0.316. The molecule has 0 aromatic carbocycles. The van der Waals surface area contributed by atoms with Crippen molar-refractivity contribution in [1.29, 1.82) is 0 Å². The fourth-order valence-corrected chi connectivity index (χ4v) is 3.22. The number of carbonyl (C=O) groups excluding carboxylic acids is 1. The average Bonchev–Trinajstić information content (AvgIpc) is 3.08. The third-order valence-corrected chi connectivity index (χ3v) is 4.91. The molecule has 1 N–H and O–H groups in total. The first-order valence-electron chi connectivity index (χ1n) is 7.27. The van der Waals surface area contributed by atoms with Crippen LogP contribution in [0.15, 0.2) is 0 Å². The van der Waals surface area contributed by atoms with E-state index in [-0.39, 0.29) is 17.1 Å². The summed E-state index contributed by atoms with van der Waals surface area (Å²) in [5.41, 5.74) is -0.0184. The molecule has 1 spiro atoms. The SMILES string of the molecule is CCC1(C(=O)NC2CCC3(CC2)OCCO3)CC1. The van der Waals surface area contributed by atoms with Crippen LogP contribution < -0.4 is 5.32 Å². The van der Waals surface area contributed by atoms with Crippen molar-refractivity contribution in [3.05, 3.63) is 0 Å². The van der Waals surface area contributed by atoms with E-state index in [1.807, 2.05) is 0 Å². The summed E-state index contributed by atoms with van der Waals surface area (Å²) in [5, 5.41) is 3.23. The van der Waals surface area contributed by atoms with Crippen molar-refractivity contribution in [1.82, 2.24) is 5.32 Å². The molecule has 3 rings (SSSR count). The summed E-state index contributed by atoms with van der Waals surface area (Å²) in [6, 6.07) is 0.319. The highest BCUT2D eigenvalue weighted by molar-refractivity contribution is 5.85. The van der Waals surface area contributed by atoms with Gasteiger partial charge < -0.3 is 14.8 Å². The summed E-state index contributed by atoms with van der Waals surface area (Å²) in [5.74, 6) is -0.0392. The zero-order chi connectivity index (χ0) is 12.6. The van der Waals surface area contributed by atoms with Gasteiger partial charge in [0.1, 0.15) is 0 Å². The Hall–Kier alpha value is -0.610. The van der Waals surface area contributed by atoms with Gasteiger partial charge in [-0.15, -0.1) is 0 Å². The second kappa shape index (κ2) is 4.49. The van der Waals surface area contributed by atoms with Crippen LogP contribution in [-0.2, 0) is 14.3 Å². The summed E-state index contributed by atoms with van der Waals surface area (Å²) in [6.45, 7) is 3.55. The number of hydrogen-bond acceptors (Lipinski definition) is 3. The lowest BCUT2D eigenvalue weighted by molar-refractivity contribution is -0.180. The third-order valence-electron chi connectivity index (χ3n) is 4.91. The molecule has 4 nitrogen and oxygen atoms in total. The second-order valence-corrected chi connectivity index (χ2v) is 5.99. The Morgan fingerprint density at radius 3 is 2.28 bits per heavy atom. The molecule has 1 heterocycles. The summed E-state index contributed by atoms with van der Waals surface area (Å²) >= 11 is 0. The molecule has 1 amide bonds. The number of nitrogens with one attached hydrogen (secondary N) is 1. The maximum absolute atomic E-state index is 12.2. The highest BCUT2D eigenvalue weighted by Gasteiger charge is 2.49. The van der Waals surface area contributed by atoms with Gasteiger partial charge >= 0.3 is 0 Å². The van der Waals surface area contributed by atoms with Gasteiger partial charge in [0.2, 0.25) is 5.91 Å². The summed E-state index contributed by atoms with van der Waals surface area (Å²) in [6.07, 6.45) is 6.89. The Morgan fingerprint density at radius 2 is 1.78 bits per heavy atom. The van der Waals surface area contributed by atoms with E-state index in [0.29, 0.717) is 6.04 Å². The van der Waals surface area contributed by atoms with Gasteiger partial charge in [0.25, 0.3) is 0 Å².